The molecule has 3 rings (SSSR count). The first-order valence-corrected chi connectivity index (χ1v) is 26.0. The number of nitrogens with zero attached hydrogens (tertiary/aromatic N) is 2. The number of benzene rings is 2. The van der Waals surface area contributed by atoms with Crippen molar-refractivity contribution in [3.8, 4) is 0 Å². The Balaban J connectivity index is 0.000000482. The average molecular weight is 858 g/mol. The minimum absolute atomic E-state index is 0.829. The van der Waals surface area contributed by atoms with E-state index in [1.165, 1.54) is 199 Å². The van der Waals surface area contributed by atoms with Crippen molar-refractivity contribution in [3.05, 3.63) is 101 Å². The van der Waals surface area contributed by atoms with Crippen LogP contribution >= 0.6 is 0 Å². The van der Waals surface area contributed by atoms with E-state index in [9.17, 15) is 5.53 Å². The molecule has 1 aliphatic heterocycles. The van der Waals surface area contributed by atoms with Crippen LogP contribution in [0.5, 0.6) is 0 Å². The second-order valence-electron chi connectivity index (χ2n) is 16.3. The molecule has 0 bridgehead atoms. The summed E-state index contributed by atoms with van der Waals surface area (Å²) < 4.78 is 1.34. The van der Waals surface area contributed by atoms with E-state index >= 15 is 0 Å². The summed E-state index contributed by atoms with van der Waals surface area (Å²) in [5, 5.41) is 0. The Kier molecular flexibility index (Phi) is 32.2. The van der Waals surface area contributed by atoms with Crippen LogP contribution < -0.4 is 0 Å². The van der Waals surface area contributed by atoms with Gasteiger partial charge >= 0.3 is 132 Å². The van der Waals surface area contributed by atoms with Gasteiger partial charge in [0.1, 0.15) is 0 Å². The number of unbranched alkanes of at least 4 members (excludes halogenated alkanes) is 24. The number of hydrogen-bond acceptors (Lipinski definition) is 0. The standard InChI is InChI=1S/C35H48N2.2C9H19.Pd/c1-3-4-5-6-7-8-9-10-11-12-13-14-15-16-17-18-23-31-24-19-20-26-33(31)35-28-27-34(37(35)36)32-25-21-22-30(2)29-32;2*1-3-5-7-9-8-6-4-2;/h16-17,19-22,24-29H,3-15,18,23H2,1-2H3;2*1,3-9H2,2H3;. The second kappa shape index (κ2) is 36.0. The van der Waals surface area contributed by atoms with E-state index < -0.39 is 0 Å². The Morgan fingerprint density at radius 2 is 0.964 bits per heavy atom. The van der Waals surface area contributed by atoms with Crippen molar-refractivity contribution in [2.75, 3.05) is 0 Å². The van der Waals surface area contributed by atoms with Crippen LogP contribution in [-0.2, 0) is 24.4 Å². The van der Waals surface area contributed by atoms with Gasteiger partial charge in [0, 0.05) is 23.3 Å². The monoisotopic (exact) mass is 857 g/mol. The zero-order valence-corrected chi connectivity index (χ0v) is 38.6. The summed E-state index contributed by atoms with van der Waals surface area (Å²) in [5.41, 5.74) is 17.3. The summed E-state index contributed by atoms with van der Waals surface area (Å²) in [7, 11) is 0. The molecule has 0 unspecified atom stereocenters. The Hall–Kier alpha value is -2.08. The molecule has 2 nitrogen and oxygen atoms in total. The SMILES string of the molecule is CCCCCCCCCCCCCCC=CCCc1ccccc1C1=CC=C(c2cccc(C)c2)[N+]1=[N-].CCCCCCCC[CH2][Pd][CH2]CCCCCCCC. The number of allylic oxidation sites excluding steroid dienone is 4. The van der Waals surface area contributed by atoms with Gasteiger partial charge in [0.25, 0.3) is 0 Å². The third kappa shape index (κ3) is 24.6. The molecule has 0 atom stereocenters. The van der Waals surface area contributed by atoms with Gasteiger partial charge in [-0.05, 0) is 56.4 Å². The van der Waals surface area contributed by atoms with Crippen LogP contribution in [-0.4, -0.2) is 4.70 Å². The van der Waals surface area contributed by atoms with Gasteiger partial charge in [0.05, 0.1) is 0 Å². The zero-order chi connectivity index (χ0) is 40.2. The maximum atomic E-state index is 11.0. The van der Waals surface area contributed by atoms with Crippen LogP contribution in [0.25, 0.3) is 16.9 Å². The Morgan fingerprint density at radius 3 is 1.50 bits per heavy atom. The van der Waals surface area contributed by atoms with Gasteiger partial charge in [-0.2, -0.15) is 0 Å². The van der Waals surface area contributed by atoms with Crippen LogP contribution in [0.4, 0.5) is 0 Å². The molecule has 2 aromatic carbocycles. The van der Waals surface area contributed by atoms with E-state index in [2.05, 4.69) is 76.2 Å². The van der Waals surface area contributed by atoms with Gasteiger partial charge in [0.2, 0.25) is 11.4 Å². The molecular formula is C53H86N2Pd. The molecule has 0 aromatic heterocycles. The molecule has 0 amide bonds. The molecule has 0 fully saturated rings. The molecule has 2 aromatic rings. The summed E-state index contributed by atoms with van der Waals surface area (Å²) in [6.07, 6.45) is 49.3. The number of hydrogen-bond donors (Lipinski definition) is 0. The molecule has 0 aliphatic carbocycles. The Bertz CT molecular complexity index is 1320. The molecule has 1 aliphatic rings. The first-order valence-electron chi connectivity index (χ1n) is 23.8. The molecule has 0 saturated carbocycles. The molecular weight excluding hydrogens is 771 g/mol. The molecule has 318 valence electrons. The van der Waals surface area contributed by atoms with Crippen molar-refractivity contribution in [2.45, 2.75) is 224 Å². The van der Waals surface area contributed by atoms with Crippen molar-refractivity contribution < 1.29 is 22.7 Å². The third-order valence-corrected chi connectivity index (χ3v) is 13.3. The van der Waals surface area contributed by atoms with Crippen molar-refractivity contribution in [2.24, 2.45) is 0 Å². The van der Waals surface area contributed by atoms with E-state index in [1.807, 2.05) is 24.3 Å². The van der Waals surface area contributed by atoms with Crippen molar-refractivity contribution in [1.29, 1.82) is 0 Å². The quantitative estimate of drug-likeness (QED) is 0.0290. The maximum absolute atomic E-state index is 11.0. The summed E-state index contributed by atoms with van der Waals surface area (Å²) in [6.45, 7) is 8.96. The summed E-state index contributed by atoms with van der Waals surface area (Å²) >= 11 is 1.07. The average Bonchev–Trinajstić information content (AvgIpc) is 3.60. The van der Waals surface area contributed by atoms with Crippen LogP contribution in [0.1, 0.15) is 223 Å². The van der Waals surface area contributed by atoms with E-state index in [-0.39, 0.29) is 0 Å². The fraction of sp³-hybridized carbons (Fsp3) is 0.660. The predicted molar refractivity (Wildman–Crippen MR) is 246 cm³/mol. The second-order valence-corrected chi connectivity index (χ2v) is 18.7. The fourth-order valence-corrected chi connectivity index (χ4v) is 9.47. The minimum atomic E-state index is 0.829. The van der Waals surface area contributed by atoms with Crippen LogP contribution in [0.15, 0.2) is 72.8 Å². The third-order valence-electron chi connectivity index (χ3n) is 11.1. The van der Waals surface area contributed by atoms with Crippen LogP contribution in [0.2, 0.25) is 9.79 Å². The summed E-state index contributed by atoms with van der Waals surface area (Å²) in [6, 6.07) is 16.7. The van der Waals surface area contributed by atoms with Crippen LogP contribution in [0, 0.1) is 6.92 Å². The molecule has 0 radical (unpaired) electrons. The van der Waals surface area contributed by atoms with Gasteiger partial charge in [-0.25, -0.2) is 4.70 Å². The molecule has 3 heteroatoms. The van der Waals surface area contributed by atoms with E-state index in [0.29, 0.717) is 0 Å². The fourth-order valence-electron chi connectivity index (χ4n) is 7.53. The van der Waals surface area contributed by atoms with Crippen LogP contribution in [0.3, 0.4) is 0 Å². The Morgan fingerprint density at radius 1 is 0.500 bits per heavy atom. The van der Waals surface area contributed by atoms with Crippen molar-refractivity contribution in [3.63, 3.8) is 0 Å². The van der Waals surface area contributed by atoms with Crippen molar-refractivity contribution >= 4 is 11.4 Å². The normalized spacial score (nSPS) is 12.7. The van der Waals surface area contributed by atoms with Gasteiger partial charge in [-0.15, -0.1) is 0 Å². The molecule has 56 heavy (non-hydrogen) atoms. The van der Waals surface area contributed by atoms with Gasteiger partial charge in [-0.1, -0.05) is 126 Å². The molecule has 0 saturated heterocycles. The van der Waals surface area contributed by atoms with E-state index in [0.717, 1.165) is 53.3 Å². The molecule has 0 spiro atoms. The van der Waals surface area contributed by atoms with Gasteiger partial charge in [-0.3, -0.25) is 0 Å². The van der Waals surface area contributed by atoms with Crippen molar-refractivity contribution in [1.82, 2.24) is 0 Å². The molecule has 0 N–H and O–H groups in total. The molecule has 1 heterocycles. The van der Waals surface area contributed by atoms with E-state index in [4.69, 9.17) is 0 Å². The predicted octanol–water partition coefficient (Wildman–Crippen LogP) is 18.4. The first-order chi connectivity index (χ1) is 27.6. The Labute approximate surface area is 356 Å². The first kappa shape index (κ1) is 50.1. The zero-order valence-electron chi connectivity index (χ0n) is 37.1. The number of rotatable bonds is 34. The number of aryl methyl sites for hydroxylation is 2. The topological polar surface area (TPSA) is 25.3 Å². The van der Waals surface area contributed by atoms with E-state index in [1.54, 1.807) is 0 Å². The van der Waals surface area contributed by atoms with Gasteiger partial charge < -0.3 is 5.53 Å². The van der Waals surface area contributed by atoms with Gasteiger partial charge in [0.15, 0.2) is 0 Å². The summed E-state index contributed by atoms with van der Waals surface area (Å²) in [4.78, 5) is 3.08. The summed E-state index contributed by atoms with van der Waals surface area (Å²) in [5.74, 6) is 0.